The summed E-state index contributed by atoms with van der Waals surface area (Å²) in [6, 6.07) is 12.4. The highest BCUT2D eigenvalue weighted by molar-refractivity contribution is 7.14. The number of carbonyl (C=O) groups is 5. The maximum Gasteiger partial charge on any atom is 0.325 e. The number of hydrogen-bond donors (Lipinski definition) is 3. The molecule has 1 fully saturated rings. The zero-order valence-corrected chi connectivity index (χ0v) is 22.1. The number of urea groups is 1. The van der Waals surface area contributed by atoms with Crippen molar-refractivity contribution >= 4 is 46.0 Å². The summed E-state index contributed by atoms with van der Waals surface area (Å²) in [4.78, 5) is 68.4. The van der Waals surface area contributed by atoms with Crippen LogP contribution < -0.4 is 21.1 Å². The highest BCUT2D eigenvalue weighted by Gasteiger charge is 2.47. The minimum atomic E-state index is -1.21. The zero-order chi connectivity index (χ0) is 28.1. The largest absolute Gasteiger partial charge is 0.484 e. The summed E-state index contributed by atoms with van der Waals surface area (Å²) >= 11 is 1.09. The molecular formula is C27H27N5O6S. The van der Waals surface area contributed by atoms with Gasteiger partial charge in [-0.15, -0.1) is 11.3 Å². The number of amides is 5. The van der Waals surface area contributed by atoms with E-state index in [2.05, 4.69) is 15.6 Å². The summed E-state index contributed by atoms with van der Waals surface area (Å²) in [7, 11) is 0. The topological polar surface area (TPSA) is 161 Å². The number of nitrogens with one attached hydrogen (secondary N) is 2. The summed E-state index contributed by atoms with van der Waals surface area (Å²) in [5, 5.41) is 7.09. The van der Waals surface area contributed by atoms with Crippen molar-refractivity contribution in [2.45, 2.75) is 38.3 Å². The molecule has 0 bridgehead atoms. The summed E-state index contributed by atoms with van der Waals surface area (Å²) in [5.41, 5.74) is 6.55. The smallest absolute Gasteiger partial charge is 0.325 e. The average molecular weight is 550 g/mol. The summed E-state index contributed by atoms with van der Waals surface area (Å²) in [6.45, 7) is 3.17. The Kier molecular flexibility index (Phi) is 8.35. The Morgan fingerprint density at radius 1 is 1.13 bits per heavy atom. The first-order chi connectivity index (χ1) is 18.7. The molecule has 4 rings (SSSR count). The predicted octanol–water partition coefficient (Wildman–Crippen LogP) is 3.00. The molecule has 11 nitrogen and oxygen atoms in total. The van der Waals surface area contributed by atoms with Crippen LogP contribution in [0.25, 0.3) is 0 Å². The minimum absolute atomic E-state index is 0.163. The molecule has 0 spiro atoms. The lowest BCUT2D eigenvalue weighted by Crippen LogP contribution is -2.50. The number of aromatic nitrogens is 1. The van der Waals surface area contributed by atoms with Crippen molar-refractivity contribution in [1.29, 1.82) is 0 Å². The quantitative estimate of drug-likeness (QED) is 0.245. The van der Waals surface area contributed by atoms with Crippen LogP contribution in [0.5, 0.6) is 5.75 Å². The molecule has 1 aliphatic rings. The lowest BCUT2D eigenvalue weighted by Gasteiger charge is -2.29. The number of benzene rings is 2. The summed E-state index contributed by atoms with van der Waals surface area (Å²) in [5.74, 6) is -2.21. The third-order valence-electron chi connectivity index (χ3n) is 6.25. The van der Waals surface area contributed by atoms with Gasteiger partial charge < -0.3 is 21.1 Å². The molecule has 0 radical (unpaired) electrons. The molecule has 5 amide bonds. The number of hydrogen-bond acceptors (Lipinski definition) is 8. The Hall–Kier alpha value is -4.58. The second-order valence-electron chi connectivity index (χ2n) is 8.86. The zero-order valence-electron chi connectivity index (χ0n) is 21.2. The lowest BCUT2D eigenvalue weighted by molar-refractivity contribution is -0.134. The van der Waals surface area contributed by atoms with Crippen molar-refractivity contribution in [3.8, 4) is 5.75 Å². The Morgan fingerprint density at radius 2 is 1.82 bits per heavy atom. The van der Waals surface area contributed by atoms with Crippen LogP contribution in [0, 0.1) is 0 Å². The second-order valence-corrected chi connectivity index (χ2v) is 9.72. The lowest BCUT2D eigenvalue weighted by atomic mass is 9.91. The van der Waals surface area contributed by atoms with Crippen LogP contribution >= 0.6 is 11.3 Å². The average Bonchev–Trinajstić information content (AvgIpc) is 3.52. The molecule has 1 aliphatic heterocycles. The molecule has 0 aliphatic carbocycles. The van der Waals surface area contributed by atoms with Gasteiger partial charge in [-0.2, -0.15) is 0 Å². The van der Waals surface area contributed by atoms with Gasteiger partial charge in [-0.1, -0.05) is 56.3 Å². The molecule has 4 N–H and O–H groups in total. The van der Waals surface area contributed by atoms with E-state index < -0.39 is 41.8 Å². The van der Waals surface area contributed by atoms with E-state index in [9.17, 15) is 24.0 Å². The van der Waals surface area contributed by atoms with Gasteiger partial charge in [-0.3, -0.25) is 19.2 Å². The van der Waals surface area contributed by atoms with E-state index in [-0.39, 0.29) is 29.6 Å². The number of nitrogens with zero attached hydrogens (tertiary/aromatic N) is 2. The molecule has 1 aromatic heterocycles. The Labute approximate surface area is 228 Å². The van der Waals surface area contributed by atoms with E-state index in [0.29, 0.717) is 11.3 Å². The number of anilines is 1. The fourth-order valence-electron chi connectivity index (χ4n) is 4.22. The standard InChI is InChI=1S/C27H27N5O6S/c1-3-20(33)19-14-39-26(29-19)31-24(35)23(15(2)16-7-5-4-6-8-16)32-25(36)22(30-27(32)37)17-9-11-18(12-10-17)38-13-21(28)34/h4-12,14-15,22-23H,3,13H2,1-2H3,(H2,28,34)(H,30,37)(H,29,31,35)/t15-,22+,23?/m0/s1. The summed E-state index contributed by atoms with van der Waals surface area (Å²) < 4.78 is 5.25. The third kappa shape index (κ3) is 6.12. The number of ether oxygens (including phenoxy) is 1. The highest BCUT2D eigenvalue weighted by atomic mass is 32.1. The normalized spacial score (nSPS) is 16.4. The maximum atomic E-state index is 13.6. The van der Waals surface area contributed by atoms with E-state index >= 15 is 0 Å². The number of Topliss-reactive ketones (excluding diaryl/α,β-unsaturated/α-hetero) is 1. The molecular weight excluding hydrogens is 522 g/mol. The van der Waals surface area contributed by atoms with E-state index in [4.69, 9.17) is 10.5 Å². The number of ketones is 1. The SMILES string of the molecule is CCC(=O)c1csc(NC(=O)C([C@@H](C)c2ccccc2)N2C(=O)N[C@H](c3ccc(OCC(N)=O)cc3)C2=O)n1. The number of primary amides is 1. The molecule has 2 aromatic carbocycles. The van der Waals surface area contributed by atoms with Crippen molar-refractivity contribution < 1.29 is 28.7 Å². The first-order valence-corrected chi connectivity index (χ1v) is 13.1. The van der Waals surface area contributed by atoms with Crippen LogP contribution in [0.3, 0.4) is 0 Å². The fraction of sp³-hybridized carbons (Fsp3) is 0.259. The molecule has 3 aromatic rings. The number of nitrogens with two attached hydrogens (primary N) is 1. The second kappa shape index (κ2) is 11.9. The molecule has 202 valence electrons. The van der Waals surface area contributed by atoms with Crippen molar-refractivity contribution in [2.24, 2.45) is 5.73 Å². The van der Waals surface area contributed by atoms with Gasteiger partial charge in [0.2, 0.25) is 5.91 Å². The first kappa shape index (κ1) is 27.5. The van der Waals surface area contributed by atoms with Crippen LogP contribution in [-0.2, 0) is 14.4 Å². The Bertz CT molecular complexity index is 1390. The van der Waals surface area contributed by atoms with Gasteiger partial charge in [0.15, 0.2) is 17.5 Å². The number of thiazole rings is 1. The Balaban J connectivity index is 1.61. The van der Waals surface area contributed by atoms with E-state index in [0.717, 1.165) is 21.8 Å². The van der Waals surface area contributed by atoms with Gasteiger partial charge in [-0.25, -0.2) is 14.7 Å². The van der Waals surface area contributed by atoms with Gasteiger partial charge in [0.05, 0.1) is 0 Å². The molecule has 0 saturated carbocycles. The van der Waals surface area contributed by atoms with Crippen LogP contribution in [0.1, 0.15) is 53.8 Å². The van der Waals surface area contributed by atoms with Crippen LogP contribution in [0.2, 0.25) is 0 Å². The van der Waals surface area contributed by atoms with Crippen LogP contribution in [0.4, 0.5) is 9.93 Å². The van der Waals surface area contributed by atoms with E-state index in [1.54, 1.807) is 55.6 Å². The van der Waals surface area contributed by atoms with Crippen molar-refractivity contribution in [3.05, 3.63) is 76.8 Å². The van der Waals surface area contributed by atoms with E-state index in [1.165, 1.54) is 0 Å². The molecule has 39 heavy (non-hydrogen) atoms. The van der Waals surface area contributed by atoms with Crippen molar-refractivity contribution in [3.63, 3.8) is 0 Å². The number of carbonyl (C=O) groups excluding carboxylic acids is 5. The predicted molar refractivity (Wildman–Crippen MR) is 143 cm³/mol. The van der Waals surface area contributed by atoms with Crippen molar-refractivity contribution in [2.75, 3.05) is 11.9 Å². The molecule has 12 heteroatoms. The molecule has 3 atom stereocenters. The number of imide groups is 1. The van der Waals surface area contributed by atoms with E-state index in [1.807, 2.05) is 18.2 Å². The molecule has 1 unspecified atom stereocenters. The van der Waals surface area contributed by atoms with Gasteiger partial charge >= 0.3 is 6.03 Å². The van der Waals surface area contributed by atoms with Crippen LogP contribution in [0.15, 0.2) is 60.0 Å². The van der Waals surface area contributed by atoms with Crippen molar-refractivity contribution in [1.82, 2.24) is 15.2 Å². The van der Waals surface area contributed by atoms with Gasteiger partial charge in [0.25, 0.3) is 11.8 Å². The minimum Gasteiger partial charge on any atom is -0.484 e. The molecule has 2 heterocycles. The fourth-order valence-corrected chi connectivity index (χ4v) is 4.94. The summed E-state index contributed by atoms with van der Waals surface area (Å²) in [6.07, 6.45) is 0.271. The maximum absolute atomic E-state index is 13.6. The van der Waals surface area contributed by atoms with Gasteiger partial charge in [-0.05, 0) is 23.3 Å². The molecule has 1 saturated heterocycles. The highest BCUT2D eigenvalue weighted by Crippen LogP contribution is 2.32. The third-order valence-corrected chi connectivity index (χ3v) is 7.01. The Morgan fingerprint density at radius 3 is 2.46 bits per heavy atom. The van der Waals surface area contributed by atoms with Crippen LogP contribution in [-0.4, -0.2) is 52.1 Å². The van der Waals surface area contributed by atoms with Gasteiger partial charge in [0, 0.05) is 17.7 Å². The monoisotopic (exact) mass is 549 g/mol. The number of rotatable bonds is 11. The first-order valence-electron chi connectivity index (χ1n) is 12.2. The van der Waals surface area contributed by atoms with Gasteiger partial charge in [0.1, 0.15) is 23.5 Å².